The normalized spacial score (nSPS) is 11.5. The van der Waals surface area contributed by atoms with Crippen LogP contribution in [0.1, 0.15) is 0 Å². The number of rotatable bonds is 4. The van der Waals surface area contributed by atoms with Gasteiger partial charge in [0, 0.05) is 43.7 Å². The van der Waals surface area contributed by atoms with E-state index in [9.17, 15) is 0 Å². The summed E-state index contributed by atoms with van der Waals surface area (Å²) in [7, 11) is 0. The van der Waals surface area contributed by atoms with Gasteiger partial charge in [-0.1, -0.05) is 121 Å². The zero-order valence-corrected chi connectivity index (χ0v) is 21.9. The van der Waals surface area contributed by atoms with Crippen LogP contribution in [0, 0.1) is 0 Å². The third-order valence-corrected chi connectivity index (χ3v) is 7.93. The van der Waals surface area contributed by atoms with Crippen molar-refractivity contribution in [1.82, 2.24) is 4.57 Å². The fourth-order valence-electron chi connectivity index (χ4n) is 6.29. The SMILES string of the molecule is c1ccc(N(c2ccccc2)c2c3ccccc3c(-n3c4ccccc4c4ccccc43)c3ccccc23)cc1. The topological polar surface area (TPSA) is 8.17 Å². The quantitative estimate of drug-likeness (QED) is 0.214. The second-order valence-electron chi connectivity index (χ2n) is 10.2. The first-order valence-electron chi connectivity index (χ1n) is 13.7. The monoisotopic (exact) mass is 510 g/mol. The highest BCUT2D eigenvalue weighted by molar-refractivity contribution is 6.21. The lowest BCUT2D eigenvalue weighted by Gasteiger charge is -2.29. The first-order chi connectivity index (χ1) is 19.9. The van der Waals surface area contributed by atoms with Crippen molar-refractivity contribution in [2.45, 2.75) is 0 Å². The van der Waals surface area contributed by atoms with Crippen molar-refractivity contribution < 1.29 is 0 Å². The molecule has 8 aromatic rings. The Balaban J connectivity index is 1.57. The van der Waals surface area contributed by atoms with Crippen LogP contribution in [0.3, 0.4) is 0 Å². The molecule has 0 unspecified atom stereocenters. The van der Waals surface area contributed by atoms with E-state index in [0.717, 1.165) is 11.4 Å². The highest BCUT2D eigenvalue weighted by Crippen LogP contribution is 2.47. The van der Waals surface area contributed by atoms with Gasteiger partial charge in [0.25, 0.3) is 0 Å². The standard InChI is InChI=1S/C38H26N2/c1-3-15-27(16-4-1)39(28-17-5-2-6-18-28)37-31-21-7-9-23-33(31)38(34-24-10-8-22-32(34)37)40-35-25-13-11-19-29(35)30-20-12-14-26-36(30)40/h1-26H. The summed E-state index contributed by atoms with van der Waals surface area (Å²) in [5.74, 6) is 0. The van der Waals surface area contributed by atoms with Gasteiger partial charge >= 0.3 is 0 Å². The van der Waals surface area contributed by atoms with E-state index in [0.29, 0.717) is 0 Å². The Morgan fingerprint density at radius 2 is 0.675 bits per heavy atom. The third kappa shape index (κ3) is 3.36. The minimum absolute atomic E-state index is 1.13. The summed E-state index contributed by atoms with van der Waals surface area (Å²) in [6.07, 6.45) is 0. The molecule has 188 valence electrons. The molecule has 0 aliphatic heterocycles. The molecule has 7 aromatic carbocycles. The number of nitrogens with zero attached hydrogens (tertiary/aromatic N) is 2. The highest BCUT2D eigenvalue weighted by Gasteiger charge is 2.23. The van der Waals surface area contributed by atoms with Gasteiger partial charge in [0.1, 0.15) is 0 Å². The molecule has 0 atom stereocenters. The van der Waals surface area contributed by atoms with Crippen LogP contribution in [0.25, 0.3) is 49.0 Å². The number of hydrogen-bond acceptors (Lipinski definition) is 1. The predicted octanol–water partition coefficient (Wildman–Crippen LogP) is 10.6. The van der Waals surface area contributed by atoms with E-state index in [2.05, 4.69) is 167 Å². The summed E-state index contributed by atoms with van der Waals surface area (Å²) < 4.78 is 2.47. The summed E-state index contributed by atoms with van der Waals surface area (Å²) in [5.41, 5.74) is 7.10. The third-order valence-electron chi connectivity index (χ3n) is 7.93. The maximum atomic E-state index is 2.47. The fourth-order valence-corrected chi connectivity index (χ4v) is 6.29. The van der Waals surface area contributed by atoms with E-state index in [1.165, 1.54) is 54.7 Å². The molecule has 0 radical (unpaired) electrons. The van der Waals surface area contributed by atoms with Gasteiger partial charge in [-0.15, -0.1) is 0 Å². The Kier molecular flexibility index (Phi) is 5.17. The lowest BCUT2D eigenvalue weighted by Crippen LogP contribution is -2.12. The Bertz CT molecular complexity index is 2010. The molecule has 0 spiro atoms. The molecule has 1 aromatic heterocycles. The van der Waals surface area contributed by atoms with Crippen molar-refractivity contribution in [3.63, 3.8) is 0 Å². The minimum atomic E-state index is 1.13. The molecular weight excluding hydrogens is 484 g/mol. The largest absolute Gasteiger partial charge is 0.309 e. The molecule has 0 saturated carbocycles. The minimum Gasteiger partial charge on any atom is -0.309 e. The predicted molar refractivity (Wildman–Crippen MR) is 170 cm³/mol. The van der Waals surface area contributed by atoms with Crippen LogP contribution in [0.2, 0.25) is 0 Å². The van der Waals surface area contributed by atoms with Crippen LogP contribution >= 0.6 is 0 Å². The van der Waals surface area contributed by atoms with Crippen molar-refractivity contribution in [3.8, 4) is 5.69 Å². The molecule has 0 aliphatic carbocycles. The smallest absolute Gasteiger partial charge is 0.0620 e. The highest BCUT2D eigenvalue weighted by atomic mass is 15.1. The van der Waals surface area contributed by atoms with Gasteiger partial charge in [-0.3, -0.25) is 0 Å². The average molecular weight is 511 g/mol. The number of anilines is 3. The summed E-state index contributed by atoms with van der Waals surface area (Å²) >= 11 is 0. The van der Waals surface area contributed by atoms with E-state index in [-0.39, 0.29) is 0 Å². The van der Waals surface area contributed by atoms with Gasteiger partial charge in [-0.2, -0.15) is 0 Å². The molecule has 1 heterocycles. The lowest BCUT2D eigenvalue weighted by molar-refractivity contribution is 1.21. The van der Waals surface area contributed by atoms with Crippen LogP contribution in [0.5, 0.6) is 0 Å². The van der Waals surface area contributed by atoms with Crippen molar-refractivity contribution >= 4 is 60.4 Å². The number of hydrogen-bond donors (Lipinski definition) is 0. The van der Waals surface area contributed by atoms with Crippen molar-refractivity contribution in [3.05, 3.63) is 158 Å². The maximum absolute atomic E-state index is 2.47. The Morgan fingerprint density at radius 1 is 0.325 bits per heavy atom. The van der Waals surface area contributed by atoms with Crippen LogP contribution in [-0.2, 0) is 0 Å². The van der Waals surface area contributed by atoms with Crippen molar-refractivity contribution in [2.24, 2.45) is 0 Å². The van der Waals surface area contributed by atoms with Gasteiger partial charge in [0.05, 0.1) is 22.4 Å². The summed E-state index contributed by atoms with van der Waals surface area (Å²) in [4.78, 5) is 2.40. The zero-order chi connectivity index (χ0) is 26.5. The van der Waals surface area contributed by atoms with Crippen LogP contribution < -0.4 is 4.90 Å². The maximum Gasteiger partial charge on any atom is 0.0620 e. The molecule has 2 heteroatoms. The Labute approximate surface area is 233 Å². The molecule has 0 bridgehead atoms. The van der Waals surface area contributed by atoms with Gasteiger partial charge in [-0.05, 0) is 36.4 Å². The molecular formula is C38H26N2. The molecule has 2 nitrogen and oxygen atoms in total. The first kappa shape index (κ1) is 22.6. The van der Waals surface area contributed by atoms with Crippen LogP contribution in [0.4, 0.5) is 17.1 Å². The first-order valence-corrected chi connectivity index (χ1v) is 13.7. The second kappa shape index (κ2) is 9.14. The lowest BCUT2D eigenvalue weighted by atomic mass is 9.96. The second-order valence-corrected chi connectivity index (χ2v) is 10.2. The van der Waals surface area contributed by atoms with Crippen LogP contribution in [0.15, 0.2) is 158 Å². The van der Waals surface area contributed by atoms with E-state index in [1.54, 1.807) is 0 Å². The summed E-state index contributed by atoms with van der Waals surface area (Å²) in [6.45, 7) is 0. The van der Waals surface area contributed by atoms with Gasteiger partial charge in [0.2, 0.25) is 0 Å². The van der Waals surface area contributed by atoms with Crippen molar-refractivity contribution in [1.29, 1.82) is 0 Å². The average Bonchev–Trinajstić information content (AvgIpc) is 3.36. The van der Waals surface area contributed by atoms with E-state index in [1.807, 2.05) is 0 Å². The molecule has 0 amide bonds. The zero-order valence-electron chi connectivity index (χ0n) is 21.9. The number of benzene rings is 7. The van der Waals surface area contributed by atoms with E-state index >= 15 is 0 Å². The number of para-hydroxylation sites is 4. The number of fused-ring (bicyclic) bond motifs is 5. The van der Waals surface area contributed by atoms with E-state index in [4.69, 9.17) is 0 Å². The van der Waals surface area contributed by atoms with Crippen molar-refractivity contribution in [2.75, 3.05) is 4.90 Å². The molecule has 0 aliphatic rings. The molecule has 0 saturated heterocycles. The Morgan fingerprint density at radius 3 is 1.12 bits per heavy atom. The summed E-state index contributed by atoms with van der Waals surface area (Å²) in [5, 5.41) is 7.41. The Hall–Kier alpha value is -5.34. The fraction of sp³-hybridized carbons (Fsp3) is 0. The summed E-state index contributed by atoms with van der Waals surface area (Å²) in [6, 6.07) is 56.6. The molecule has 40 heavy (non-hydrogen) atoms. The van der Waals surface area contributed by atoms with Gasteiger partial charge in [-0.25, -0.2) is 0 Å². The molecule has 8 rings (SSSR count). The van der Waals surface area contributed by atoms with E-state index < -0.39 is 0 Å². The molecule has 0 N–H and O–H groups in total. The molecule has 0 fully saturated rings. The van der Waals surface area contributed by atoms with Gasteiger partial charge < -0.3 is 9.47 Å². The van der Waals surface area contributed by atoms with Gasteiger partial charge in [0.15, 0.2) is 0 Å². The van der Waals surface area contributed by atoms with Crippen LogP contribution in [-0.4, -0.2) is 4.57 Å². The number of aromatic nitrogens is 1.